The Labute approximate surface area is 123 Å². The van der Waals surface area contributed by atoms with E-state index in [1.165, 1.54) is 12.5 Å². The number of aromatic nitrogens is 4. The summed E-state index contributed by atoms with van der Waals surface area (Å²) in [5.41, 5.74) is -1.31. The molecule has 0 spiro atoms. The average Bonchev–Trinajstić information content (AvgIpc) is 2.81. The number of hydrogen-bond donors (Lipinski definition) is 1. The van der Waals surface area contributed by atoms with E-state index < -0.39 is 17.4 Å². The first-order chi connectivity index (χ1) is 10.4. The van der Waals surface area contributed by atoms with Crippen molar-refractivity contribution in [2.75, 3.05) is 0 Å². The highest BCUT2D eigenvalue weighted by atomic mass is 19.4. The number of rotatable bonds is 3. The summed E-state index contributed by atoms with van der Waals surface area (Å²) in [5, 5.41) is 4.22. The molecular weight excluding hydrogens is 297 g/mol. The smallest absolute Gasteiger partial charge is 0.307 e. The predicted molar refractivity (Wildman–Crippen MR) is 73.9 cm³/mol. The van der Waals surface area contributed by atoms with Crippen LogP contribution in [0.2, 0.25) is 0 Å². The second-order valence-electron chi connectivity index (χ2n) is 5.19. The molecular formula is C14H13F3N4O. The maximum atomic E-state index is 12.6. The van der Waals surface area contributed by atoms with Crippen molar-refractivity contribution < 1.29 is 13.2 Å². The van der Waals surface area contributed by atoms with Crippen molar-refractivity contribution in [1.29, 1.82) is 0 Å². The summed E-state index contributed by atoms with van der Waals surface area (Å²) in [4.78, 5) is 16.9. The second kappa shape index (κ2) is 5.43. The van der Waals surface area contributed by atoms with Crippen LogP contribution in [0.15, 0.2) is 23.3 Å². The highest BCUT2D eigenvalue weighted by molar-refractivity contribution is 5.65. The molecule has 0 amide bonds. The first-order valence-electron chi connectivity index (χ1n) is 6.82. The van der Waals surface area contributed by atoms with Crippen LogP contribution in [0, 0.1) is 0 Å². The zero-order chi connectivity index (χ0) is 15.7. The van der Waals surface area contributed by atoms with Gasteiger partial charge in [0.2, 0.25) is 0 Å². The number of aromatic amines is 1. The average molecular weight is 310 g/mol. The monoisotopic (exact) mass is 310 g/mol. The molecule has 1 saturated carbocycles. The van der Waals surface area contributed by atoms with Crippen LogP contribution in [0.4, 0.5) is 13.2 Å². The Kier molecular flexibility index (Phi) is 3.59. The van der Waals surface area contributed by atoms with Crippen molar-refractivity contribution in [2.24, 2.45) is 0 Å². The zero-order valence-corrected chi connectivity index (χ0v) is 11.5. The van der Waals surface area contributed by atoms with Crippen LogP contribution < -0.4 is 5.56 Å². The van der Waals surface area contributed by atoms with E-state index in [4.69, 9.17) is 0 Å². The lowest BCUT2D eigenvalue weighted by atomic mass is 9.93. The Morgan fingerprint density at radius 1 is 1.32 bits per heavy atom. The molecule has 0 radical (unpaired) electrons. The lowest BCUT2D eigenvalue weighted by Gasteiger charge is -2.25. The molecule has 0 bridgehead atoms. The molecule has 2 aromatic rings. The number of nitrogens with zero attached hydrogens (tertiary/aromatic N) is 3. The van der Waals surface area contributed by atoms with Crippen LogP contribution >= 0.6 is 0 Å². The Balaban J connectivity index is 1.81. The summed E-state index contributed by atoms with van der Waals surface area (Å²) < 4.78 is 39.6. The first kappa shape index (κ1) is 14.6. The molecule has 2 heterocycles. The Bertz CT molecular complexity index is 756. The van der Waals surface area contributed by atoms with Crippen molar-refractivity contribution in [3.63, 3.8) is 0 Å². The van der Waals surface area contributed by atoms with Crippen molar-refractivity contribution in [3.8, 4) is 0 Å². The molecule has 1 aliphatic rings. The number of halogens is 3. The molecule has 0 aromatic carbocycles. The topological polar surface area (TPSA) is 63.6 Å². The Hall–Kier alpha value is -2.38. The minimum atomic E-state index is -4.65. The fourth-order valence-corrected chi connectivity index (χ4v) is 2.17. The van der Waals surface area contributed by atoms with Gasteiger partial charge in [-0.15, -0.1) is 0 Å². The summed E-state index contributed by atoms with van der Waals surface area (Å²) in [5.74, 6) is -0.142. The SMILES string of the molecule is O=c1cc(C(F)(F)F)nc(C=Cc2cnn(C3CCC3)c2)[nH]1. The summed E-state index contributed by atoms with van der Waals surface area (Å²) in [7, 11) is 0. The van der Waals surface area contributed by atoms with Gasteiger partial charge < -0.3 is 4.98 Å². The van der Waals surface area contributed by atoms with Gasteiger partial charge in [-0.2, -0.15) is 18.3 Å². The van der Waals surface area contributed by atoms with E-state index in [1.54, 1.807) is 12.3 Å². The lowest BCUT2D eigenvalue weighted by molar-refractivity contribution is -0.141. The highest BCUT2D eigenvalue weighted by Gasteiger charge is 2.33. The molecule has 1 N–H and O–H groups in total. The van der Waals surface area contributed by atoms with Crippen LogP contribution in [0.3, 0.4) is 0 Å². The fourth-order valence-electron chi connectivity index (χ4n) is 2.17. The number of H-pyrrole nitrogens is 1. The van der Waals surface area contributed by atoms with Gasteiger partial charge in [0.05, 0.1) is 12.2 Å². The Morgan fingerprint density at radius 2 is 2.09 bits per heavy atom. The second-order valence-corrected chi connectivity index (χ2v) is 5.19. The van der Waals surface area contributed by atoms with E-state index in [0.717, 1.165) is 18.4 Å². The summed E-state index contributed by atoms with van der Waals surface area (Å²) >= 11 is 0. The van der Waals surface area contributed by atoms with Crippen molar-refractivity contribution in [3.05, 3.63) is 45.9 Å². The quantitative estimate of drug-likeness (QED) is 0.948. The maximum absolute atomic E-state index is 12.6. The lowest BCUT2D eigenvalue weighted by Crippen LogP contribution is -2.17. The van der Waals surface area contributed by atoms with Gasteiger partial charge >= 0.3 is 6.18 Å². The van der Waals surface area contributed by atoms with Gasteiger partial charge in [0.1, 0.15) is 5.82 Å². The zero-order valence-electron chi connectivity index (χ0n) is 11.5. The van der Waals surface area contributed by atoms with Crippen LogP contribution in [0.25, 0.3) is 12.2 Å². The molecule has 116 valence electrons. The van der Waals surface area contributed by atoms with Gasteiger partial charge in [-0.25, -0.2) is 4.98 Å². The van der Waals surface area contributed by atoms with E-state index in [1.807, 2.05) is 10.9 Å². The number of nitrogens with one attached hydrogen (secondary N) is 1. The van der Waals surface area contributed by atoms with Gasteiger partial charge in [-0.3, -0.25) is 9.48 Å². The standard InChI is InChI=1S/C14H13F3N4O/c15-14(16,17)11-6-13(22)20-12(19-11)5-4-9-7-18-21(8-9)10-2-1-3-10/h4-8,10H,1-3H2,(H,19,20,22). The first-order valence-corrected chi connectivity index (χ1v) is 6.82. The van der Waals surface area contributed by atoms with Gasteiger partial charge in [0.15, 0.2) is 5.69 Å². The van der Waals surface area contributed by atoms with E-state index in [2.05, 4.69) is 15.1 Å². The molecule has 3 rings (SSSR count). The number of alkyl halides is 3. The number of hydrogen-bond acceptors (Lipinski definition) is 3. The maximum Gasteiger partial charge on any atom is 0.433 e. The van der Waals surface area contributed by atoms with Crippen molar-refractivity contribution in [1.82, 2.24) is 19.7 Å². The van der Waals surface area contributed by atoms with Gasteiger partial charge in [0.25, 0.3) is 5.56 Å². The third-order valence-electron chi connectivity index (χ3n) is 3.55. The van der Waals surface area contributed by atoms with Gasteiger partial charge in [-0.1, -0.05) is 0 Å². The van der Waals surface area contributed by atoms with E-state index >= 15 is 0 Å². The van der Waals surface area contributed by atoms with Crippen LogP contribution in [-0.2, 0) is 6.18 Å². The third-order valence-corrected chi connectivity index (χ3v) is 3.55. The van der Waals surface area contributed by atoms with Gasteiger partial charge in [0, 0.05) is 17.8 Å². The molecule has 22 heavy (non-hydrogen) atoms. The fraction of sp³-hybridized carbons (Fsp3) is 0.357. The van der Waals surface area contributed by atoms with E-state index in [9.17, 15) is 18.0 Å². The molecule has 0 unspecified atom stereocenters. The van der Waals surface area contributed by atoms with Gasteiger partial charge in [-0.05, 0) is 31.4 Å². The predicted octanol–water partition coefficient (Wildman–Crippen LogP) is 2.88. The molecule has 1 fully saturated rings. The van der Waals surface area contributed by atoms with Crippen LogP contribution in [-0.4, -0.2) is 19.7 Å². The van der Waals surface area contributed by atoms with Crippen LogP contribution in [0.5, 0.6) is 0 Å². The Morgan fingerprint density at radius 3 is 2.73 bits per heavy atom. The summed E-state index contributed by atoms with van der Waals surface area (Å²) in [6.07, 6.45) is 5.07. The molecule has 8 heteroatoms. The summed E-state index contributed by atoms with van der Waals surface area (Å²) in [6, 6.07) is 0.847. The largest absolute Gasteiger partial charge is 0.433 e. The molecule has 0 aliphatic heterocycles. The normalized spacial score (nSPS) is 16.1. The van der Waals surface area contributed by atoms with Crippen molar-refractivity contribution in [2.45, 2.75) is 31.5 Å². The van der Waals surface area contributed by atoms with Crippen LogP contribution in [0.1, 0.15) is 42.4 Å². The molecule has 2 aromatic heterocycles. The minimum Gasteiger partial charge on any atom is -0.307 e. The van der Waals surface area contributed by atoms with E-state index in [0.29, 0.717) is 12.1 Å². The molecule has 5 nitrogen and oxygen atoms in total. The minimum absolute atomic E-state index is 0.142. The summed E-state index contributed by atoms with van der Waals surface area (Å²) in [6.45, 7) is 0. The molecule has 0 saturated heterocycles. The molecule has 0 atom stereocenters. The highest BCUT2D eigenvalue weighted by Crippen LogP contribution is 2.31. The third kappa shape index (κ3) is 3.10. The van der Waals surface area contributed by atoms with Crippen molar-refractivity contribution >= 4 is 12.2 Å². The molecule has 1 aliphatic carbocycles. The van der Waals surface area contributed by atoms with E-state index in [-0.39, 0.29) is 5.82 Å².